The maximum absolute atomic E-state index is 14.9. The number of aliphatic hydroxyl groups excluding tert-OH is 1. The van der Waals surface area contributed by atoms with Crippen LogP contribution in [0.3, 0.4) is 0 Å². The van der Waals surface area contributed by atoms with E-state index < -0.39 is 71.3 Å². The normalized spacial score (nSPS) is 14.2. The standard InChI is InChI=1S/C33H41F3N4O6S/c1-22(2)40(47(44,45)27-19-17-25(37)18-20-27)26(21-41)15-10-16-28(33(34,35)36)39(32(43)46-3)30(31(38)42)29(23-11-6-4-7-12-23)24-13-8-5-9-14-24/h4-9,11-14,17-20,22,26,28-30,41H,10,15-16,21,37H2,1-3H3,(H2,38,42)/t26-,28+,30-/m0/s1. The van der Waals surface area contributed by atoms with Crippen LogP contribution >= 0.6 is 0 Å². The summed E-state index contributed by atoms with van der Waals surface area (Å²) >= 11 is 0. The van der Waals surface area contributed by atoms with Crippen LogP contribution in [-0.4, -0.2) is 78.8 Å². The zero-order valence-electron chi connectivity index (χ0n) is 26.4. The first-order valence-electron chi connectivity index (χ1n) is 15.0. The first-order chi connectivity index (χ1) is 22.1. The van der Waals surface area contributed by atoms with Crippen molar-refractivity contribution in [3.63, 3.8) is 0 Å². The second-order valence-corrected chi connectivity index (χ2v) is 13.2. The number of rotatable bonds is 15. The summed E-state index contributed by atoms with van der Waals surface area (Å²) in [5.41, 5.74) is 12.7. The summed E-state index contributed by atoms with van der Waals surface area (Å²) in [6.45, 7) is 2.48. The number of carbonyl (C=O) groups excluding carboxylic acids is 2. The minimum atomic E-state index is -5.05. The molecular weight excluding hydrogens is 637 g/mol. The van der Waals surface area contributed by atoms with Gasteiger partial charge < -0.3 is 21.3 Å². The molecule has 2 amide bonds. The number of benzene rings is 3. The summed E-state index contributed by atoms with van der Waals surface area (Å²) in [7, 11) is -3.28. The molecule has 0 saturated carbocycles. The van der Waals surface area contributed by atoms with Gasteiger partial charge in [0.05, 0.1) is 18.6 Å². The van der Waals surface area contributed by atoms with Crippen molar-refractivity contribution in [3.05, 3.63) is 96.1 Å². The predicted octanol–water partition coefficient (Wildman–Crippen LogP) is 4.88. The van der Waals surface area contributed by atoms with E-state index in [0.29, 0.717) is 21.7 Å². The molecule has 0 aliphatic heterocycles. The Morgan fingerprint density at radius 1 is 0.894 bits per heavy atom. The fourth-order valence-electron chi connectivity index (χ4n) is 5.84. The van der Waals surface area contributed by atoms with Gasteiger partial charge in [-0.1, -0.05) is 60.7 Å². The van der Waals surface area contributed by atoms with Crippen LogP contribution in [0.15, 0.2) is 89.8 Å². The topological polar surface area (TPSA) is 156 Å². The number of halogens is 3. The second-order valence-electron chi connectivity index (χ2n) is 11.3. The summed E-state index contributed by atoms with van der Waals surface area (Å²) < 4.78 is 77.8. The molecule has 0 heterocycles. The largest absolute Gasteiger partial charge is 0.453 e. The number of alkyl halides is 3. The Morgan fingerprint density at radius 3 is 1.81 bits per heavy atom. The minimum absolute atomic E-state index is 0.0962. The van der Waals surface area contributed by atoms with Gasteiger partial charge in [-0.3, -0.25) is 9.69 Å². The molecule has 256 valence electrons. The Bertz CT molecular complexity index is 1520. The van der Waals surface area contributed by atoms with E-state index in [1.54, 1.807) is 74.5 Å². The van der Waals surface area contributed by atoms with Crippen molar-refractivity contribution in [3.8, 4) is 0 Å². The molecule has 3 aromatic carbocycles. The first kappa shape index (κ1) is 37.3. The molecule has 0 aliphatic rings. The van der Waals surface area contributed by atoms with Gasteiger partial charge in [-0.05, 0) is 68.5 Å². The lowest BCUT2D eigenvalue weighted by Crippen LogP contribution is -2.59. The highest BCUT2D eigenvalue weighted by Gasteiger charge is 2.51. The van der Waals surface area contributed by atoms with E-state index in [2.05, 4.69) is 0 Å². The molecule has 3 atom stereocenters. The van der Waals surface area contributed by atoms with Gasteiger partial charge in [0.15, 0.2) is 0 Å². The van der Waals surface area contributed by atoms with Gasteiger partial charge in [0.25, 0.3) is 0 Å². The van der Waals surface area contributed by atoms with Crippen LogP contribution in [0, 0.1) is 0 Å². The highest BCUT2D eigenvalue weighted by Crippen LogP contribution is 2.38. The van der Waals surface area contributed by atoms with Crippen LogP contribution in [0.25, 0.3) is 0 Å². The third kappa shape index (κ3) is 9.02. The summed E-state index contributed by atoms with van der Waals surface area (Å²) in [5, 5.41) is 10.3. The Balaban J connectivity index is 2.02. The monoisotopic (exact) mass is 678 g/mol. The van der Waals surface area contributed by atoms with Gasteiger partial charge in [0.2, 0.25) is 15.9 Å². The molecule has 0 bridgehead atoms. The zero-order valence-corrected chi connectivity index (χ0v) is 27.2. The third-order valence-electron chi connectivity index (χ3n) is 7.87. The fourth-order valence-corrected chi connectivity index (χ4v) is 7.69. The average molecular weight is 679 g/mol. The SMILES string of the molecule is COC(=O)N([C@H](C(N)=O)C(c1ccccc1)c1ccccc1)[C@H](CCC[C@@H](CO)N(C(C)C)S(=O)(=O)c1ccc(N)cc1)C(F)(F)F. The van der Waals surface area contributed by atoms with Crippen molar-refractivity contribution in [2.45, 2.75) is 74.3 Å². The van der Waals surface area contributed by atoms with Crippen LogP contribution in [0.4, 0.5) is 23.7 Å². The first-order valence-corrected chi connectivity index (χ1v) is 16.4. The number of nitrogens with two attached hydrogens (primary N) is 2. The van der Waals surface area contributed by atoms with Gasteiger partial charge >= 0.3 is 12.3 Å². The third-order valence-corrected chi connectivity index (χ3v) is 10.0. The number of primary amides is 1. The highest BCUT2D eigenvalue weighted by atomic mass is 32.2. The number of sulfonamides is 1. The van der Waals surface area contributed by atoms with Gasteiger partial charge in [-0.2, -0.15) is 17.5 Å². The molecule has 0 radical (unpaired) electrons. The van der Waals surface area contributed by atoms with E-state index in [4.69, 9.17) is 16.2 Å². The van der Waals surface area contributed by atoms with Gasteiger partial charge in [0, 0.05) is 23.7 Å². The zero-order chi connectivity index (χ0) is 34.9. The van der Waals surface area contributed by atoms with E-state index >= 15 is 0 Å². The summed E-state index contributed by atoms with van der Waals surface area (Å²) in [6.07, 6.45) is -7.71. The molecule has 14 heteroatoms. The predicted molar refractivity (Wildman–Crippen MR) is 172 cm³/mol. The van der Waals surface area contributed by atoms with Crippen LogP contribution in [-0.2, 0) is 19.6 Å². The highest BCUT2D eigenvalue weighted by molar-refractivity contribution is 7.89. The second kappa shape index (κ2) is 16.1. The Morgan fingerprint density at radius 2 is 1.40 bits per heavy atom. The number of methoxy groups -OCH3 is 1. The molecule has 47 heavy (non-hydrogen) atoms. The molecule has 10 nitrogen and oxygen atoms in total. The quantitative estimate of drug-likeness (QED) is 0.193. The van der Waals surface area contributed by atoms with Crippen LogP contribution in [0.2, 0.25) is 0 Å². The summed E-state index contributed by atoms with van der Waals surface area (Å²) in [6, 6.07) is 15.8. The summed E-state index contributed by atoms with van der Waals surface area (Å²) in [4.78, 5) is 26.6. The smallest absolute Gasteiger partial charge is 0.410 e. The fraction of sp³-hybridized carbons (Fsp3) is 0.394. The van der Waals surface area contributed by atoms with E-state index in [9.17, 15) is 36.3 Å². The molecule has 0 saturated heterocycles. The number of anilines is 1. The number of nitrogens with zero attached hydrogens (tertiary/aromatic N) is 2. The van der Waals surface area contributed by atoms with Crippen molar-refractivity contribution in [1.82, 2.24) is 9.21 Å². The Labute approximate surface area is 273 Å². The minimum Gasteiger partial charge on any atom is -0.453 e. The van der Waals surface area contributed by atoms with Crippen molar-refractivity contribution in [1.29, 1.82) is 0 Å². The lowest BCUT2D eigenvalue weighted by molar-refractivity contribution is -0.187. The lowest BCUT2D eigenvalue weighted by Gasteiger charge is -2.40. The maximum atomic E-state index is 14.9. The lowest BCUT2D eigenvalue weighted by atomic mass is 9.83. The van der Waals surface area contributed by atoms with Crippen molar-refractivity contribution < 1.29 is 41.0 Å². The number of hydrogen-bond acceptors (Lipinski definition) is 7. The average Bonchev–Trinajstić information content (AvgIpc) is 3.02. The molecule has 0 aromatic heterocycles. The van der Waals surface area contributed by atoms with E-state index in [1.807, 2.05) is 0 Å². The molecule has 0 fully saturated rings. The maximum Gasteiger partial charge on any atom is 0.410 e. The number of aliphatic hydroxyl groups is 1. The van der Waals surface area contributed by atoms with Crippen molar-refractivity contribution in [2.75, 3.05) is 19.5 Å². The molecule has 0 spiro atoms. The van der Waals surface area contributed by atoms with E-state index in [-0.39, 0.29) is 17.7 Å². The van der Waals surface area contributed by atoms with E-state index in [1.165, 1.54) is 24.3 Å². The number of ether oxygens (including phenoxy) is 1. The van der Waals surface area contributed by atoms with Crippen molar-refractivity contribution in [2.24, 2.45) is 5.73 Å². The van der Waals surface area contributed by atoms with Crippen LogP contribution < -0.4 is 11.5 Å². The Kier molecular flexibility index (Phi) is 12.8. The molecule has 3 aromatic rings. The van der Waals surface area contributed by atoms with Gasteiger partial charge in [0.1, 0.15) is 12.1 Å². The molecule has 0 unspecified atom stereocenters. The molecule has 0 aliphatic carbocycles. The van der Waals surface area contributed by atoms with Crippen LogP contribution in [0.5, 0.6) is 0 Å². The molecule has 5 N–H and O–H groups in total. The number of nitrogen functional groups attached to an aromatic ring is 1. The molecular formula is C33H41F3N4O6S. The van der Waals surface area contributed by atoms with Gasteiger partial charge in [-0.15, -0.1) is 0 Å². The number of amides is 2. The van der Waals surface area contributed by atoms with E-state index in [0.717, 1.165) is 11.4 Å². The van der Waals surface area contributed by atoms with Gasteiger partial charge in [-0.25, -0.2) is 13.2 Å². The Hall–Kier alpha value is -4.14. The number of hydrogen-bond donors (Lipinski definition) is 3. The van der Waals surface area contributed by atoms with Crippen LogP contribution in [0.1, 0.15) is 50.2 Å². The van der Waals surface area contributed by atoms with Crippen molar-refractivity contribution >= 4 is 27.7 Å². The number of carbonyl (C=O) groups is 2. The molecule has 3 rings (SSSR count). The summed E-state index contributed by atoms with van der Waals surface area (Å²) in [5.74, 6) is -2.28.